The summed E-state index contributed by atoms with van der Waals surface area (Å²) >= 11 is 9.70. The van der Waals surface area contributed by atoms with Crippen LogP contribution in [0, 0.1) is 0 Å². The van der Waals surface area contributed by atoms with E-state index in [1.165, 1.54) is 0 Å². The topological polar surface area (TPSA) is 59.4 Å². The summed E-state index contributed by atoms with van der Waals surface area (Å²) in [5.74, 6) is 0.155. The van der Waals surface area contributed by atoms with Gasteiger partial charge in [-0.15, -0.1) is 0 Å². The fourth-order valence-corrected chi connectivity index (χ4v) is 3.51. The van der Waals surface area contributed by atoms with Crippen molar-refractivity contribution < 1.29 is 4.74 Å². The molecule has 1 aromatic carbocycles. The molecule has 8 heteroatoms. The molecular weight excluding hydrogens is 408 g/mol. The molecule has 2 aromatic rings. The molecule has 0 saturated carbocycles. The highest BCUT2D eigenvalue weighted by atomic mass is 79.9. The van der Waals surface area contributed by atoms with E-state index in [2.05, 4.69) is 26.2 Å². The third-order valence-electron chi connectivity index (χ3n) is 4.35. The number of fused-ring (bicyclic) bond motifs is 1. The van der Waals surface area contributed by atoms with Gasteiger partial charge in [0.25, 0.3) is 5.88 Å². The summed E-state index contributed by atoms with van der Waals surface area (Å²) in [6.07, 6.45) is 1.79. The third kappa shape index (κ3) is 4.16. The zero-order chi connectivity index (χ0) is 18.0. The molecule has 136 valence electrons. The zero-order valence-corrected chi connectivity index (χ0v) is 16.7. The van der Waals surface area contributed by atoms with Gasteiger partial charge < -0.3 is 15.0 Å². The molecule has 0 spiro atoms. The van der Waals surface area contributed by atoms with Crippen LogP contribution in [0.1, 0.15) is 18.9 Å². The molecule has 1 aromatic heterocycles. The lowest BCUT2D eigenvalue weighted by Crippen LogP contribution is -2.35. The lowest BCUT2D eigenvalue weighted by Gasteiger charge is -2.26. The third-order valence-corrected chi connectivity index (χ3v) is 5.55. The van der Waals surface area contributed by atoms with E-state index in [9.17, 15) is 4.79 Å². The minimum atomic E-state index is -0.184. The molecule has 1 N–H and O–H groups in total. The van der Waals surface area contributed by atoms with Crippen molar-refractivity contribution in [2.45, 2.75) is 18.9 Å². The monoisotopic (exact) mass is 428 g/mol. The van der Waals surface area contributed by atoms with E-state index in [1.54, 1.807) is 6.07 Å². The summed E-state index contributed by atoms with van der Waals surface area (Å²) in [6, 6.07) is 3.77. The highest BCUT2D eigenvalue weighted by Crippen LogP contribution is 2.30. The van der Waals surface area contributed by atoms with Gasteiger partial charge in [0.2, 0.25) is 0 Å². The number of aromatic nitrogens is 2. The molecule has 3 rings (SSSR count). The van der Waals surface area contributed by atoms with E-state index >= 15 is 0 Å². The maximum Gasteiger partial charge on any atom is 0.314 e. The Labute approximate surface area is 160 Å². The van der Waals surface area contributed by atoms with Crippen molar-refractivity contribution in [2.75, 3.05) is 40.3 Å². The van der Waals surface area contributed by atoms with Crippen LogP contribution < -0.4 is 15.6 Å². The first-order valence-corrected chi connectivity index (χ1v) is 9.54. The molecule has 0 bridgehead atoms. The molecule has 25 heavy (non-hydrogen) atoms. The molecule has 0 aliphatic carbocycles. The predicted molar refractivity (Wildman–Crippen MR) is 104 cm³/mol. The number of rotatable bonds is 5. The van der Waals surface area contributed by atoms with Gasteiger partial charge in [0.15, 0.2) is 0 Å². The number of halogens is 2. The Morgan fingerprint density at radius 1 is 1.40 bits per heavy atom. The molecule has 1 saturated heterocycles. The van der Waals surface area contributed by atoms with E-state index in [0.717, 1.165) is 42.5 Å². The van der Waals surface area contributed by atoms with Gasteiger partial charge in [0.1, 0.15) is 6.61 Å². The number of hydrogen-bond acceptors (Lipinski definition) is 5. The molecule has 0 radical (unpaired) electrons. The van der Waals surface area contributed by atoms with Gasteiger partial charge in [0.05, 0.1) is 16.1 Å². The van der Waals surface area contributed by atoms with E-state index in [0.29, 0.717) is 17.1 Å². The van der Waals surface area contributed by atoms with E-state index in [1.807, 2.05) is 29.6 Å². The molecule has 1 aliphatic rings. The summed E-state index contributed by atoms with van der Waals surface area (Å²) < 4.78 is 8.27. The molecule has 6 nitrogen and oxygen atoms in total. The quantitative estimate of drug-likeness (QED) is 0.792. The number of likely N-dealkylation sites (N-methyl/N-ethyl adjacent to an activating group) is 1. The van der Waals surface area contributed by atoms with Crippen molar-refractivity contribution in [1.29, 1.82) is 0 Å². The van der Waals surface area contributed by atoms with Crippen LogP contribution in [-0.2, 0) is 0 Å². The van der Waals surface area contributed by atoms with Crippen molar-refractivity contribution in [1.82, 2.24) is 19.8 Å². The summed E-state index contributed by atoms with van der Waals surface area (Å²) in [5.41, 5.74) is 1.27. The van der Waals surface area contributed by atoms with Crippen molar-refractivity contribution in [3.05, 3.63) is 32.0 Å². The Balaban J connectivity index is 2.09. The molecule has 1 fully saturated rings. The molecule has 0 unspecified atom stereocenters. The fraction of sp³-hybridized carbons (Fsp3) is 0.529. The summed E-state index contributed by atoms with van der Waals surface area (Å²) in [5, 5.41) is 3.90. The van der Waals surface area contributed by atoms with E-state index in [-0.39, 0.29) is 17.5 Å². The van der Waals surface area contributed by atoms with E-state index < -0.39 is 0 Å². The second kappa shape index (κ2) is 8.03. The molecule has 1 aliphatic heterocycles. The average Bonchev–Trinajstić information content (AvgIpc) is 2.58. The second-order valence-corrected chi connectivity index (χ2v) is 7.74. The smallest absolute Gasteiger partial charge is 0.314 e. The predicted octanol–water partition coefficient (Wildman–Crippen LogP) is 2.68. The molecule has 2 heterocycles. The van der Waals surface area contributed by atoms with Crippen LogP contribution in [0.3, 0.4) is 0 Å². The Morgan fingerprint density at radius 2 is 2.12 bits per heavy atom. The van der Waals surface area contributed by atoms with Gasteiger partial charge in [-0.1, -0.05) is 11.6 Å². The van der Waals surface area contributed by atoms with Crippen LogP contribution in [0.2, 0.25) is 5.02 Å². The van der Waals surface area contributed by atoms with Crippen LogP contribution in [-0.4, -0.2) is 54.8 Å². The van der Waals surface area contributed by atoms with Gasteiger partial charge in [-0.3, -0.25) is 9.36 Å². The fourth-order valence-electron chi connectivity index (χ4n) is 3.02. The number of ether oxygens (including phenoxy) is 1. The normalized spacial score (nSPS) is 15.9. The molecule has 0 atom stereocenters. The minimum absolute atomic E-state index is 0.118. The Hall–Kier alpha value is -1.15. The van der Waals surface area contributed by atoms with Gasteiger partial charge in [-0.05, 0) is 68.1 Å². The van der Waals surface area contributed by atoms with Crippen molar-refractivity contribution in [3.63, 3.8) is 0 Å². The minimum Gasteiger partial charge on any atom is -0.472 e. The highest BCUT2D eigenvalue weighted by molar-refractivity contribution is 9.10. The first kappa shape index (κ1) is 18.6. The first-order valence-electron chi connectivity index (χ1n) is 8.37. The van der Waals surface area contributed by atoms with Gasteiger partial charge in [-0.25, -0.2) is 4.98 Å². The SMILES string of the molecule is CN(C)CCOc1nc2cc(Br)c(Cl)cc2n(C2CCNCC2)c1=O. The van der Waals surface area contributed by atoms with Gasteiger partial charge in [-0.2, -0.15) is 0 Å². The maximum absolute atomic E-state index is 13.0. The van der Waals surface area contributed by atoms with Gasteiger partial charge in [0, 0.05) is 17.1 Å². The van der Waals surface area contributed by atoms with Gasteiger partial charge >= 0.3 is 5.56 Å². The lowest BCUT2D eigenvalue weighted by molar-refractivity contribution is 0.248. The summed E-state index contributed by atoms with van der Waals surface area (Å²) in [6.45, 7) is 2.92. The maximum atomic E-state index is 13.0. The average molecular weight is 430 g/mol. The van der Waals surface area contributed by atoms with Crippen LogP contribution in [0.15, 0.2) is 21.4 Å². The van der Waals surface area contributed by atoms with Crippen LogP contribution in [0.4, 0.5) is 0 Å². The van der Waals surface area contributed by atoms with Crippen molar-refractivity contribution >= 4 is 38.6 Å². The zero-order valence-electron chi connectivity index (χ0n) is 14.4. The Bertz CT molecular complexity index is 818. The number of benzene rings is 1. The number of piperidine rings is 1. The summed E-state index contributed by atoms with van der Waals surface area (Å²) in [7, 11) is 3.92. The number of hydrogen-bond donors (Lipinski definition) is 1. The first-order chi connectivity index (χ1) is 12.0. The second-order valence-electron chi connectivity index (χ2n) is 6.48. The highest BCUT2D eigenvalue weighted by Gasteiger charge is 2.22. The van der Waals surface area contributed by atoms with Crippen LogP contribution >= 0.6 is 27.5 Å². The Morgan fingerprint density at radius 3 is 2.80 bits per heavy atom. The standard InChI is InChI=1S/C17H22BrClN4O2/c1-22(2)7-8-25-16-17(24)23(11-3-5-20-6-4-11)15-10-13(19)12(18)9-14(15)21-16/h9-11,20H,3-8H2,1-2H3. The molecule has 0 amide bonds. The number of nitrogens with zero attached hydrogens (tertiary/aromatic N) is 3. The van der Waals surface area contributed by atoms with Crippen molar-refractivity contribution in [3.8, 4) is 5.88 Å². The summed E-state index contributed by atoms with van der Waals surface area (Å²) in [4.78, 5) is 19.5. The number of nitrogens with one attached hydrogen (secondary N) is 1. The Kier molecular flexibility index (Phi) is 5.99. The molecular formula is C17H22BrClN4O2. The van der Waals surface area contributed by atoms with Crippen molar-refractivity contribution in [2.24, 2.45) is 0 Å². The van der Waals surface area contributed by atoms with E-state index in [4.69, 9.17) is 16.3 Å². The largest absolute Gasteiger partial charge is 0.472 e. The lowest BCUT2D eigenvalue weighted by atomic mass is 10.1. The van der Waals surface area contributed by atoms with Crippen LogP contribution in [0.25, 0.3) is 11.0 Å². The van der Waals surface area contributed by atoms with Crippen LogP contribution in [0.5, 0.6) is 5.88 Å².